The second kappa shape index (κ2) is 9.86. The van der Waals surface area contributed by atoms with Crippen LogP contribution in [0, 0.1) is 0 Å². The van der Waals surface area contributed by atoms with Gasteiger partial charge in [0.25, 0.3) is 0 Å². The number of aromatic nitrogens is 1. The maximum absolute atomic E-state index is 5.41. The lowest BCUT2D eigenvalue weighted by Gasteiger charge is -2.16. The van der Waals surface area contributed by atoms with Crippen molar-refractivity contribution in [2.75, 3.05) is 7.05 Å². The zero-order chi connectivity index (χ0) is 15.1. The zero-order valence-corrected chi connectivity index (χ0v) is 16.0. The number of rotatable bonds is 6. The van der Waals surface area contributed by atoms with E-state index >= 15 is 0 Å². The molecule has 6 heteroatoms. The molecule has 0 aromatic carbocycles. The predicted octanol–water partition coefficient (Wildman–Crippen LogP) is 3.58. The van der Waals surface area contributed by atoms with Crippen molar-refractivity contribution in [3.05, 3.63) is 29.7 Å². The molecule has 0 radical (unpaired) electrons. The second-order valence-electron chi connectivity index (χ2n) is 5.44. The minimum Gasteiger partial charge on any atom is -0.359 e. The van der Waals surface area contributed by atoms with Crippen LogP contribution in [0.2, 0.25) is 0 Å². The Kier molecular flexibility index (Phi) is 8.52. The Bertz CT molecular complexity index is 486. The molecule has 0 spiro atoms. The third kappa shape index (κ3) is 5.30. The fourth-order valence-corrected chi connectivity index (χ4v) is 2.61. The van der Waals surface area contributed by atoms with Gasteiger partial charge in [-0.05, 0) is 25.7 Å². The van der Waals surface area contributed by atoms with Gasteiger partial charge >= 0.3 is 0 Å². The Balaban J connectivity index is 0.00000242. The summed E-state index contributed by atoms with van der Waals surface area (Å²) in [6, 6.07) is 2.50. The van der Waals surface area contributed by atoms with E-state index in [2.05, 4.69) is 52.8 Å². The Hall–Kier alpha value is -1.05. The summed E-state index contributed by atoms with van der Waals surface area (Å²) in [6.45, 7) is 4.97. The van der Waals surface area contributed by atoms with Crippen molar-refractivity contribution in [1.29, 1.82) is 0 Å². The summed E-state index contributed by atoms with van der Waals surface area (Å²) in [6.07, 6.45) is 8.69. The fraction of sp³-hybridized carbons (Fsp3) is 0.625. The highest BCUT2D eigenvalue weighted by molar-refractivity contribution is 14.0. The van der Waals surface area contributed by atoms with Crippen LogP contribution < -0.4 is 10.6 Å². The van der Waals surface area contributed by atoms with Crippen LogP contribution in [0.25, 0.3) is 0 Å². The molecule has 0 amide bonds. The predicted molar refractivity (Wildman–Crippen MR) is 101 cm³/mol. The topological polar surface area (TPSA) is 62.5 Å². The average molecular weight is 418 g/mol. The minimum absolute atomic E-state index is 0. The van der Waals surface area contributed by atoms with E-state index in [-0.39, 0.29) is 24.0 Å². The van der Waals surface area contributed by atoms with Gasteiger partial charge in [0, 0.05) is 25.1 Å². The first-order chi connectivity index (χ1) is 10.3. The molecule has 1 aromatic rings. The van der Waals surface area contributed by atoms with Crippen LogP contribution in [0.15, 0.2) is 27.7 Å². The van der Waals surface area contributed by atoms with Crippen molar-refractivity contribution in [1.82, 2.24) is 15.8 Å². The number of hydrogen-bond donors (Lipinski definition) is 2. The third-order valence-electron chi connectivity index (χ3n) is 3.98. The number of hydrogen-bond acceptors (Lipinski definition) is 3. The lowest BCUT2D eigenvalue weighted by atomic mass is 9.99. The van der Waals surface area contributed by atoms with E-state index < -0.39 is 0 Å². The fourth-order valence-electron chi connectivity index (χ4n) is 2.61. The molecule has 2 N–H and O–H groups in total. The molecule has 22 heavy (non-hydrogen) atoms. The van der Waals surface area contributed by atoms with Crippen LogP contribution in [0.4, 0.5) is 0 Å². The molecule has 5 nitrogen and oxygen atoms in total. The van der Waals surface area contributed by atoms with E-state index in [0.29, 0.717) is 18.5 Å². The van der Waals surface area contributed by atoms with Gasteiger partial charge < -0.3 is 15.2 Å². The van der Waals surface area contributed by atoms with Crippen molar-refractivity contribution in [2.45, 2.75) is 58.0 Å². The van der Waals surface area contributed by atoms with E-state index in [4.69, 9.17) is 4.52 Å². The molecule has 0 atom stereocenters. The lowest BCUT2D eigenvalue weighted by Crippen LogP contribution is -2.42. The number of nitrogens with zero attached hydrogens (tertiary/aromatic N) is 2. The summed E-state index contributed by atoms with van der Waals surface area (Å²) in [7, 11) is 1.79. The molecule has 0 saturated carbocycles. The normalized spacial score (nSPS) is 15.2. The number of nitrogens with one attached hydrogen (secondary N) is 2. The van der Waals surface area contributed by atoms with Crippen molar-refractivity contribution in [3.63, 3.8) is 0 Å². The summed E-state index contributed by atoms with van der Waals surface area (Å²) in [4.78, 5) is 4.25. The van der Waals surface area contributed by atoms with Gasteiger partial charge in [-0.2, -0.15) is 0 Å². The Morgan fingerprint density at radius 2 is 2.05 bits per heavy atom. The van der Waals surface area contributed by atoms with Crippen molar-refractivity contribution in [2.24, 2.45) is 4.99 Å². The first-order valence-corrected chi connectivity index (χ1v) is 7.84. The lowest BCUT2D eigenvalue weighted by molar-refractivity contribution is 0.368. The van der Waals surface area contributed by atoms with Crippen LogP contribution in [0.3, 0.4) is 0 Å². The first-order valence-electron chi connectivity index (χ1n) is 7.84. The quantitative estimate of drug-likeness (QED) is 0.321. The summed E-state index contributed by atoms with van der Waals surface area (Å²) < 4.78 is 5.41. The van der Waals surface area contributed by atoms with Crippen molar-refractivity contribution in [3.8, 4) is 0 Å². The highest BCUT2D eigenvalue weighted by Gasteiger charge is 2.14. The van der Waals surface area contributed by atoms with Crippen LogP contribution in [0.1, 0.15) is 56.9 Å². The number of aliphatic imine (C=N–C) groups is 1. The average Bonchev–Trinajstić information content (AvgIpc) is 3.16. The molecule has 1 aromatic heterocycles. The monoisotopic (exact) mass is 418 g/mol. The zero-order valence-electron chi connectivity index (χ0n) is 13.6. The molecule has 0 saturated heterocycles. The minimum atomic E-state index is 0. The molecule has 1 aliphatic carbocycles. The largest absolute Gasteiger partial charge is 0.359 e. The van der Waals surface area contributed by atoms with Crippen LogP contribution in [0.5, 0.6) is 0 Å². The molecule has 124 valence electrons. The van der Waals surface area contributed by atoms with Gasteiger partial charge in [0.2, 0.25) is 0 Å². The first kappa shape index (κ1) is 19.0. The second-order valence-corrected chi connectivity index (χ2v) is 5.44. The van der Waals surface area contributed by atoms with E-state index in [0.717, 1.165) is 43.1 Å². The molecule has 0 unspecified atom stereocenters. The summed E-state index contributed by atoms with van der Waals surface area (Å²) in [5.74, 6) is 2.15. The SMILES string of the molecule is CCC(CC)c1cc(CNC(=NC)NC2CC=CC2)on1.I. The molecule has 1 aliphatic rings. The summed E-state index contributed by atoms with van der Waals surface area (Å²) in [5.41, 5.74) is 1.06. The molecular formula is C16H27IN4O. The van der Waals surface area contributed by atoms with Gasteiger partial charge in [0.15, 0.2) is 11.7 Å². The molecule has 0 aliphatic heterocycles. The van der Waals surface area contributed by atoms with E-state index in [1.807, 2.05) is 0 Å². The van der Waals surface area contributed by atoms with Gasteiger partial charge in [-0.3, -0.25) is 4.99 Å². The smallest absolute Gasteiger partial charge is 0.191 e. The molecule has 2 rings (SSSR count). The van der Waals surface area contributed by atoms with Crippen LogP contribution in [-0.4, -0.2) is 24.2 Å². The van der Waals surface area contributed by atoms with Crippen LogP contribution in [-0.2, 0) is 6.54 Å². The maximum Gasteiger partial charge on any atom is 0.191 e. The van der Waals surface area contributed by atoms with E-state index in [9.17, 15) is 0 Å². The van der Waals surface area contributed by atoms with Crippen molar-refractivity contribution < 1.29 is 4.52 Å². The van der Waals surface area contributed by atoms with Gasteiger partial charge in [-0.25, -0.2) is 0 Å². The number of guanidine groups is 1. The molecular weight excluding hydrogens is 391 g/mol. The molecule has 0 bridgehead atoms. The van der Waals surface area contributed by atoms with Crippen LogP contribution >= 0.6 is 24.0 Å². The van der Waals surface area contributed by atoms with Gasteiger partial charge in [-0.1, -0.05) is 31.2 Å². The Morgan fingerprint density at radius 1 is 1.36 bits per heavy atom. The highest BCUT2D eigenvalue weighted by atomic mass is 127. The molecule has 0 fully saturated rings. The summed E-state index contributed by atoms with van der Waals surface area (Å²) >= 11 is 0. The van der Waals surface area contributed by atoms with Gasteiger partial charge in [-0.15, -0.1) is 24.0 Å². The highest BCUT2D eigenvalue weighted by Crippen LogP contribution is 2.22. The van der Waals surface area contributed by atoms with E-state index in [1.165, 1.54) is 0 Å². The van der Waals surface area contributed by atoms with Gasteiger partial charge in [0.1, 0.15) is 0 Å². The van der Waals surface area contributed by atoms with E-state index in [1.54, 1.807) is 7.05 Å². The maximum atomic E-state index is 5.41. The van der Waals surface area contributed by atoms with Crippen molar-refractivity contribution >= 4 is 29.9 Å². The van der Waals surface area contributed by atoms with Gasteiger partial charge in [0.05, 0.1) is 12.2 Å². The third-order valence-corrected chi connectivity index (χ3v) is 3.98. The molecule has 1 heterocycles. The Labute approximate surface area is 150 Å². The Morgan fingerprint density at radius 3 is 2.64 bits per heavy atom. The summed E-state index contributed by atoms with van der Waals surface area (Å²) in [5, 5.41) is 10.9. The standard InChI is InChI=1S/C16H26N4O.HI/c1-4-12(5-2)15-10-14(21-20-15)11-18-16(17-3)19-13-8-6-7-9-13;/h6-7,10,12-13H,4-5,8-9,11H2,1-3H3,(H2,17,18,19);1H. The number of halogens is 1.